The standard InChI is InChI=1S/C23H34F3N3O3S/c1-4-6-20(27(2)3)16-22(30)28-13-11-19(12-14-28)29(18-9-10-18)33(31,32)21-8-5-7-17(15-21)23(24,25)26/h5,7-8,15,18-20H,4,6,9-14,16H2,1-3H3. The molecule has 1 aliphatic heterocycles. The first-order valence-corrected chi connectivity index (χ1v) is 13.0. The van der Waals surface area contributed by atoms with Crippen LogP contribution in [-0.2, 0) is 21.0 Å². The Hall–Kier alpha value is -1.65. The zero-order chi connectivity index (χ0) is 24.4. The maximum atomic E-state index is 13.4. The van der Waals surface area contributed by atoms with Crippen LogP contribution in [0.3, 0.4) is 0 Å². The van der Waals surface area contributed by atoms with E-state index in [1.54, 1.807) is 4.90 Å². The van der Waals surface area contributed by atoms with Crippen LogP contribution in [0, 0.1) is 0 Å². The molecule has 0 bridgehead atoms. The Labute approximate surface area is 194 Å². The number of carbonyl (C=O) groups is 1. The van der Waals surface area contributed by atoms with Crippen LogP contribution in [0.15, 0.2) is 29.2 Å². The van der Waals surface area contributed by atoms with Gasteiger partial charge in [0.1, 0.15) is 0 Å². The van der Waals surface area contributed by atoms with E-state index in [0.717, 1.165) is 31.0 Å². The van der Waals surface area contributed by atoms with Crippen LogP contribution in [-0.4, -0.2) is 73.7 Å². The molecule has 3 rings (SSSR count). The molecule has 2 aliphatic rings. The predicted octanol–water partition coefficient (Wildman–Crippen LogP) is 3.97. The van der Waals surface area contributed by atoms with Gasteiger partial charge in [-0.3, -0.25) is 4.79 Å². The van der Waals surface area contributed by atoms with Gasteiger partial charge in [-0.25, -0.2) is 8.42 Å². The molecule has 0 spiro atoms. The summed E-state index contributed by atoms with van der Waals surface area (Å²) in [7, 11) is -0.144. The molecule has 33 heavy (non-hydrogen) atoms. The normalized spacial score (nSPS) is 19.3. The number of sulfonamides is 1. The van der Waals surface area contributed by atoms with Gasteiger partial charge in [0.05, 0.1) is 10.5 Å². The maximum absolute atomic E-state index is 13.4. The van der Waals surface area contributed by atoms with E-state index < -0.39 is 21.8 Å². The Balaban J connectivity index is 1.71. The number of piperidine rings is 1. The molecule has 0 radical (unpaired) electrons. The van der Waals surface area contributed by atoms with E-state index in [9.17, 15) is 26.4 Å². The van der Waals surface area contributed by atoms with Gasteiger partial charge in [0.25, 0.3) is 0 Å². The van der Waals surface area contributed by atoms with Crippen molar-refractivity contribution in [3.63, 3.8) is 0 Å². The van der Waals surface area contributed by atoms with Crippen molar-refractivity contribution in [1.82, 2.24) is 14.1 Å². The van der Waals surface area contributed by atoms with Crippen molar-refractivity contribution in [2.45, 2.75) is 81.1 Å². The lowest BCUT2D eigenvalue weighted by Crippen LogP contribution is -2.50. The van der Waals surface area contributed by atoms with Gasteiger partial charge in [-0.15, -0.1) is 0 Å². The SMILES string of the molecule is CCCC(CC(=O)N1CCC(N(C2CC2)S(=O)(=O)c2cccc(C(F)(F)F)c2)CC1)N(C)C. The second kappa shape index (κ2) is 10.3. The second-order valence-corrected chi connectivity index (χ2v) is 11.2. The number of likely N-dealkylation sites (tertiary alicyclic amines) is 1. The lowest BCUT2D eigenvalue weighted by molar-refractivity contribution is -0.137. The maximum Gasteiger partial charge on any atom is 0.416 e. The predicted molar refractivity (Wildman–Crippen MR) is 120 cm³/mol. The van der Waals surface area contributed by atoms with Crippen LogP contribution in [0.1, 0.15) is 57.4 Å². The topological polar surface area (TPSA) is 60.9 Å². The van der Waals surface area contributed by atoms with Gasteiger partial charge in [-0.1, -0.05) is 19.4 Å². The molecule has 2 fully saturated rings. The van der Waals surface area contributed by atoms with Crippen molar-refractivity contribution in [2.75, 3.05) is 27.2 Å². The molecule has 1 heterocycles. The molecule has 1 unspecified atom stereocenters. The smallest absolute Gasteiger partial charge is 0.343 e. The first-order chi connectivity index (χ1) is 15.4. The Morgan fingerprint density at radius 2 is 1.73 bits per heavy atom. The summed E-state index contributed by atoms with van der Waals surface area (Å²) in [5.74, 6) is 0.0688. The number of rotatable bonds is 9. The van der Waals surface area contributed by atoms with Crippen molar-refractivity contribution in [3.05, 3.63) is 29.8 Å². The second-order valence-electron chi connectivity index (χ2n) is 9.31. The molecule has 1 atom stereocenters. The third-order valence-electron chi connectivity index (χ3n) is 6.58. The van der Waals surface area contributed by atoms with Crippen LogP contribution >= 0.6 is 0 Å². The van der Waals surface area contributed by atoms with E-state index in [2.05, 4.69) is 11.8 Å². The monoisotopic (exact) mass is 489 g/mol. The number of carbonyl (C=O) groups excluding carboxylic acids is 1. The van der Waals surface area contributed by atoms with Gasteiger partial charge in [-0.05, 0) is 64.4 Å². The number of hydrogen-bond acceptors (Lipinski definition) is 4. The van der Waals surface area contributed by atoms with E-state index in [4.69, 9.17) is 0 Å². The third-order valence-corrected chi connectivity index (χ3v) is 8.58. The minimum atomic E-state index is -4.61. The lowest BCUT2D eigenvalue weighted by Gasteiger charge is -2.38. The highest BCUT2D eigenvalue weighted by atomic mass is 32.2. The van der Waals surface area contributed by atoms with Crippen LogP contribution in [0.4, 0.5) is 13.2 Å². The number of halogens is 3. The number of amides is 1. The Morgan fingerprint density at radius 3 is 2.24 bits per heavy atom. The fourth-order valence-electron chi connectivity index (χ4n) is 4.55. The van der Waals surface area contributed by atoms with Crippen molar-refractivity contribution < 1.29 is 26.4 Å². The van der Waals surface area contributed by atoms with E-state index in [-0.39, 0.29) is 28.9 Å². The van der Waals surface area contributed by atoms with Gasteiger partial charge >= 0.3 is 6.18 Å². The van der Waals surface area contributed by atoms with E-state index in [1.807, 2.05) is 14.1 Å². The zero-order valence-corrected chi connectivity index (χ0v) is 20.3. The summed E-state index contributed by atoms with van der Waals surface area (Å²) in [6, 6.07) is 3.64. The highest BCUT2D eigenvalue weighted by Crippen LogP contribution is 2.38. The number of benzene rings is 1. The Bertz CT molecular complexity index is 924. The Kier molecular flexibility index (Phi) is 8.11. The van der Waals surface area contributed by atoms with Crippen molar-refractivity contribution in [3.8, 4) is 0 Å². The summed E-state index contributed by atoms with van der Waals surface area (Å²) in [6.45, 7) is 3.00. The minimum Gasteiger partial charge on any atom is -0.343 e. The molecule has 1 saturated heterocycles. The third kappa shape index (κ3) is 6.27. The van der Waals surface area contributed by atoms with Crippen LogP contribution in [0.25, 0.3) is 0 Å². The molecule has 1 aromatic rings. The van der Waals surface area contributed by atoms with Gasteiger partial charge in [0, 0.05) is 37.6 Å². The molecule has 6 nitrogen and oxygen atoms in total. The molecule has 1 saturated carbocycles. The largest absolute Gasteiger partial charge is 0.416 e. The van der Waals surface area contributed by atoms with Crippen LogP contribution < -0.4 is 0 Å². The summed E-state index contributed by atoms with van der Waals surface area (Å²) in [6.07, 6.45) is 0.130. The average molecular weight is 490 g/mol. The van der Waals surface area contributed by atoms with Crippen LogP contribution in [0.5, 0.6) is 0 Å². The van der Waals surface area contributed by atoms with E-state index >= 15 is 0 Å². The van der Waals surface area contributed by atoms with Crippen molar-refractivity contribution >= 4 is 15.9 Å². The number of nitrogens with zero attached hydrogens (tertiary/aromatic N) is 3. The molecule has 1 aromatic carbocycles. The molecule has 10 heteroatoms. The quantitative estimate of drug-likeness (QED) is 0.527. The molecule has 1 aliphatic carbocycles. The fourth-order valence-corrected chi connectivity index (χ4v) is 6.53. The molecule has 1 amide bonds. The molecular formula is C23H34F3N3O3S. The van der Waals surface area contributed by atoms with E-state index in [1.165, 1.54) is 10.4 Å². The summed E-state index contributed by atoms with van der Waals surface area (Å²) in [4.78, 5) is 16.4. The van der Waals surface area contributed by atoms with Crippen LogP contribution in [0.2, 0.25) is 0 Å². The van der Waals surface area contributed by atoms with Crippen molar-refractivity contribution in [2.24, 2.45) is 0 Å². The fraction of sp³-hybridized carbons (Fsp3) is 0.696. The minimum absolute atomic E-state index is 0.0688. The molecular weight excluding hydrogens is 455 g/mol. The average Bonchev–Trinajstić information content (AvgIpc) is 3.58. The van der Waals surface area contributed by atoms with Gasteiger partial charge < -0.3 is 9.80 Å². The summed E-state index contributed by atoms with van der Waals surface area (Å²) < 4.78 is 67.6. The first-order valence-electron chi connectivity index (χ1n) is 11.6. The summed E-state index contributed by atoms with van der Waals surface area (Å²) in [5.41, 5.74) is -0.970. The van der Waals surface area contributed by atoms with E-state index in [0.29, 0.717) is 45.2 Å². The summed E-state index contributed by atoms with van der Waals surface area (Å²) >= 11 is 0. The first kappa shape index (κ1) is 26.0. The lowest BCUT2D eigenvalue weighted by atomic mass is 10.0. The highest BCUT2D eigenvalue weighted by Gasteiger charge is 2.44. The number of hydrogen-bond donors (Lipinski definition) is 0. The molecule has 0 aromatic heterocycles. The van der Waals surface area contributed by atoms with Gasteiger partial charge in [0.15, 0.2) is 0 Å². The summed E-state index contributed by atoms with van der Waals surface area (Å²) in [5, 5.41) is 0. The number of alkyl halides is 3. The zero-order valence-electron chi connectivity index (χ0n) is 19.5. The Morgan fingerprint density at radius 1 is 1.12 bits per heavy atom. The molecule has 0 N–H and O–H groups in total. The molecule has 186 valence electrons. The van der Waals surface area contributed by atoms with Crippen molar-refractivity contribution in [1.29, 1.82) is 0 Å². The highest BCUT2D eigenvalue weighted by molar-refractivity contribution is 7.89. The van der Waals surface area contributed by atoms with Gasteiger partial charge in [-0.2, -0.15) is 17.5 Å². The van der Waals surface area contributed by atoms with Gasteiger partial charge in [0.2, 0.25) is 15.9 Å².